The van der Waals surface area contributed by atoms with Gasteiger partial charge in [-0.2, -0.15) is 0 Å². The minimum absolute atomic E-state index is 0.00435. The number of rotatable bonds is 2. The SMILES string of the molecule is O=C1CS(=O)(=O)N(Cc2cccc(F)c2)c2ccccc21. The van der Waals surface area contributed by atoms with E-state index in [1.54, 1.807) is 30.3 Å². The Hall–Kier alpha value is -2.21. The molecule has 108 valence electrons. The van der Waals surface area contributed by atoms with E-state index in [4.69, 9.17) is 0 Å². The first-order chi connectivity index (χ1) is 9.97. The maximum absolute atomic E-state index is 13.2. The first-order valence-corrected chi connectivity index (χ1v) is 7.95. The quantitative estimate of drug-likeness (QED) is 0.856. The second-order valence-corrected chi connectivity index (χ2v) is 6.73. The van der Waals surface area contributed by atoms with Crippen molar-refractivity contribution in [3.8, 4) is 0 Å². The molecule has 0 atom stereocenters. The number of sulfonamides is 1. The molecule has 21 heavy (non-hydrogen) atoms. The number of fused-ring (bicyclic) bond motifs is 1. The largest absolute Gasteiger partial charge is 0.293 e. The number of para-hydroxylation sites is 1. The van der Waals surface area contributed by atoms with Crippen LogP contribution in [0.3, 0.4) is 0 Å². The highest BCUT2D eigenvalue weighted by atomic mass is 32.2. The van der Waals surface area contributed by atoms with Crippen molar-refractivity contribution >= 4 is 21.5 Å². The molecule has 2 aromatic carbocycles. The first-order valence-electron chi connectivity index (χ1n) is 6.34. The van der Waals surface area contributed by atoms with Gasteiger partial charge in [-0.15, -0.1) is 0 Å². The van der Waals surface area contributed by atoms with E-state index in [1.807, 2.05) is 0 Å². The molecule has 0 amide bonds. The number of carbonyl (C=O) groups excluding carboxylic acids is 1. The zero-order chi connectivity index (χ0) is 15.0. The molecular formula is C15H12FNO3S. The summed E-state index contributed by atoms with van der Waals surface area (Å²) in [6.07, 6.45) is 0. The van der Waals surface area contributed by atoms with Crippen molar-refractivity contribution in [3.05, 3.63) is 65.5 Å². The fourth-order valence-corrected chi connectivity index (χ4v) is 3.83. The molecule has 0 fully saturated rings. The summed E-state index contributed by atoms with van der Waals surface area (Å²) in [6.45, 7) is 0.00435. The molecule has 2 aromatic rings. The van der Waals surface area contributed by atoms with E-state index in [9.17, 15) is 17.6 Å². The highest BCUT2D eigenvalue weighted by Crippen LogP contribution is 2.30. The zero-order valence-electron chi connectivity index (χ0n) is 11.0. The van der Waals surface area contributed by atoms with Crippen LogP contribution >= 0.6 is 0 Å². The van der Waals surface area contributed by atoms with Gasteiger partial charge in [0.05, 0.1) is 12.2 Å². The molecular weight excluding hydrogens is 293 g/mol. The highest BCUT2D eigenvalue weighted by molar-refractivity contribution is 7.93. The molecule has 0 aromatic heterocycles. The molecule has 0 radical (unpaired) electrons. The minimum Gasteiger partial charge on any atom is -0.293 e. The van der Waals surface area contributed by atoms with Gasteiger partial charge in [0.2, 0.25) is 10.0 Å². The van der Waals surface area contributed by atoms with Crippen molar-refractivity contribution in [1.82, 2.24) is 0 Å². The Bertz CT molecular complexity index is 817. The van der Waals surface area contributed by atoms with Crippen LogP contribution in [0.1, 0.15) is 15.9 Å². The van der Waals surface area contributed by atoms with Crippen LogP contribution in [0.5, 0.6) is 0 Å². The number of nitrogens with zero attached hydrogens (tertiary/aromatic N) is 1. The topological polar surface area (TPSA) is 54.5 Å². The molecule has 6 heteroatoms. The van der Waals surface area contributed by atoms with Crippen LogP contribution in [0.4, 0.5) is 10.1 Å². The third kappa shape index (κ3) is 2.54. The van der Waals surface area contributed by atoms with Crippen LogP contribution in [0.25, 0.3) is 0 Å². The lowest BCUT2D eigenvalue weighted by Crippen LogP contribution is -2.40. The highest BCUT2D eigenvalue weighted by Gasteiger charge is 2.34. The van der Waals surface area contributed by atoms with Crippen LogP contribution in [0.15, 0.2) is 48.5 Å². The van der Waals surface area contributed by atoms with Crippen molar-refractivity contribution < 1.29 is 17.6 Å². The van der Waals surface area contributed by atoms with E-state index < -0.39 is 27.4 Å². The summed E-state index contributed by atoms with van der Waals surface area (Å²) in [5, 5.41) is 0. The number of hydrogen-bond donors (Lipinski definition) is 0. The van der Waals surface area contributed by atoms with Crippen LogP contribution < -0.4 is 4.31 Å². The fourth-order valence-electron chi connectivity index (χ4n) is 2.38. The van der Waals surface area contributed by atoms with E-state index in [0.717, 1.165) is 0 Å². The summed E-state index contributed by atoms with van der Waals surface area (Å²) >= 11 is 0. The van der Waals surface area contributed by atoms with Crippen LogP contribution in [0.2, 0.25) is 0 Å². The van der Waals surface area contributed by atoms with Gasteiger partial charge in [0, 0.05) is 5.56 Å². The summed E-state index contributed by atoms with van der Waals surface area (Å²) in [5.74, 6) is -1.40. The Morgan fingerprint density at radius 1 is 1.10 bits per heavy atom. The van der Waals surface area contributed by atoms with Gasteiger partial charge in [-0.25, -0.2) is 12.8 Å². The van der Waals surface area contributed by atoms with Gasteiger partial charge in [0.15, 0.2) is 5.78 Å². The van der Waals surface area contributed by atoms with Crippen molar-refractivity contribution in [2.45, 2.75) is 6.54 Å². The van der Waals surface area contributed by atoms with Crippen LogP contribution in [-0.4, -0.2) is 20.0 Å². The Morgan fingerprint density at radius 3 is 2.62 bits per heavy atom. The summed E-state index contributed by atoms with van der Waals surface area (Å²) in [4.78, 5) is 11.9. The molecule has 4 nitrogen and oxygen atoms in total. The first kappa shape index (κ1) is 13.8. The van der Waals surface area contributed by atoms with E-state index >= 15 is 0 Å². The second-order valence-electron chi connectivity index (χ2n) is 4.83. The van der Waals surface area contributed by atoms with Gasteiger partial charge in [0.25, 0.3) is 0 Å². The average Bonchev–Trinajstić information content (AvgIpc) is 2.43. The monoisotopic (exact) mass is 305 g/mol. The van der Waals surface area contributed by atoms with E-state index in [-0.39, 0.29) is 6.54 Å². The summed E-state index contributed by atoms with van der Waals surface area (Å²) in [7, 11) is -3.74. The number of carbonyl (C=O) groups is 1. The summed E-state index contributed by atoms with van der Waals surface area (Å²) in [5.41, 5.74) is 1.25. The Morgan fingerprint density at radius 2 is 1.86 bits per heavy atom. The van der Waals surface area contributed by atoms with Gasteiger partial charge >= 0.3 is 0 Å². The van der Waals surface area contributed by atoms with Gasteiger partial charge in [-0.1, -0.05) is 24.3 Å². The van der Waals surface area contributed by atoms with E-state index in [0.29, 0.717) is 16.8 Å². The standard InChI is InChI=1S/C15H12FNO3S/c16-12-5-3-4-11(8-12)9-17-14-7-2-1-6-13(14)15(18)10-21(17,19)20/h1-8H,9-10H2. The molecule has 1 aliphatic heterocycles. The second kappa shape index (κ2) is 4.96. The number of Topliss-reactive ketones (excluding diaryl/α,β-unsaturated/α-hetero) is 1. The molecule has 1 aliphatic rings. The average molecular weight is 305 g/mol. The molecule has 1 heterocycles. The molecule has 3 rings (SSSR count). The van der Waals surface area contributed by atoms with Crippen molar-refractivity contribution in [2.24, 2.45) is 0 Å². The molecule has 0 unspecified atom stereocenters. The number of ketones is 1. The maximum atomic E-state index is 13.2. The lowest BCUT2D eigenvalue weighted by Gasteiger charge is -2.29. The number of hydrogen-bond acceptors (Lipinski definition) is 3. The predicted octanol–water partition coefficient (Wildman–Crippen LogP) is 2.36. The number of benzene rings is 2. The Balaban J connectivity index is 2.07. The smallest absolute Gasteiger partial charge is 0.243 e. The third-order valence-electron chi connectivity index (χ3n) is 3.34. The maximum Gasteiger partial charge on any atom is 0.243 e. The Kier molecular flexibility index (Phi) is 3.25. The van der Waals surface area contributed by atoms with Gasteiger partial charge < -0.3 is 0 Å². The lowest BCUT2D eigenvalue weighted by molar-refractivity contribution is 0.102. The number of halogens is 1. The molecule has 0 saturated heterocycles. The molecule has 0 spiro atoms. The minimum atomic E-state index is -3.74. The summed E-state index contributed by atoms with van der Waals surface area (Å²) < 4.78 is 38.9. The molecule has 0 bridgehead atoms. The van der Waals surface area contributed by atoms with Gasteiger partial charge in [0.1, 0.15) is 11.6 Å². The molecule has 0 aliphatic carbocycles. The van der Waals surface area contributed by atoms with Crippen LogP contribution in [0, 0.1) is 5.82 Å². The van der Waals surface area contributed by atoms with Gasteiger partial charge in [-0.05, 0) is 29.8 Å². The predicted molar refractivity (Wildman–Crippen MR) is 77.1 cm³/mol. The van der Waals surface area contributed by atoms with Crippen LogP contribution in [-0.2, 0) is 16.6 Å². The third-order valence-corrected chi connectivity index (χ3v) is 4.96. The van der Waals surface area contributed by atoms with E-state index in [1.165, 1.54) is 22.5 Å². The van der Waals surface area contributed by atoms with Gasteiger partial charge in [-0.3, -0.25) is 9.10 Å². The van der Waals surface area contributed by atoms with Crippen molar-refractivity contribution in [1.29, 1.82) is 0 Å². The fraction of sp³-hybridized carbons (Fsp3) is 0.133. The Labute approximate surface area is 121 Å². The van der Waals surface area contributed by atoms with Crippen molar-refractivity contribution in [3.63, 3.8) is 0 Å². The lowest BCUT2D eigenvalue weighted by atomic mass is 10.1. The number of anilines is 1. The zero-order valence-corrected chi connectivity index (χ0v) is 11.8. The van der Waals surface area contributed by atoms with E-state index in [2.05, 4.69) is 0 Å². The normalized spacial score (nSPS) is 16.6. The molecule has 0 saturated carbocycles. The summed E-state index contributed by atoms with van der Waals surface area (Å²) in [6, 6.07) is 12.3. The van der Waals surface area contributed by atoms with Crippen molar-refractivity contribution in [2.75, 3.05) is 10.1 Å². The molecule has 0 N–H and O–H groups in total.